The normalized spacial score (nSPS) is 10.4. The molecule has 0 saturated heterocycles. The topological polar surface area (TPSA) is 47.0 Å². The summed E-state index contributed by atoms with van der Waals surface area (Å²) in [7, 11) is 1.81. The Hall–Kier alpha value is -2.62. The average Bonchev–Trinajstić information content (AvgIpc) is 2.47. The maximum Gasteiger partial charge on any atom is 0.224 e. The van der Waals surface area contributed by atoms with Gasteiger partial charge in [-0.1, -0.05) is 30.3 Å². The van der Waals surface area contributed by atoms with Gasteiger partial charge in [-0.05, 0) is 22.9 Å². The van der Waals surface area contributed by atoms with Crippen molar-refractivity contribution in [2.24, 2.45) is 0 Å². The first-order valence-corrected chi connectivity index (χ1v) is 6.01. The fourth-order valence-corrected chi connectivity index (χ4v) is 1.88. The van der Waals surface area contributed by atoms with E-state index >= 15 is 0 Å². The average molecular weight is 251 g/mol. The van der Waals surface area contributed by atoms with E-state index in [1.807, 2.05) is 37.4 Å². The summed E-state index contributed by atoms with van der Waals surface area (Å²) in [6.45, 7) is 0. The first-order valence-electron chi connectivity index (χ1n) is 6.01. The molecule has 0 radical (unpaired) electrons. The minimum absolute atomic E-state index is 0.523. The molecule has 0 atom stereocenters. The molecule has 4 nitrogen and oxygen atoms in total. The number of nitrogens with one attached hydrogen (secondary N) is 1. The molecular weight excluding hydrogens is 238 g/mol. The van der Waals surface area contributed by atoms with Crippen molar-refractivity contribution in [1.29, 1.82) is 0 Å². The molecule has 3 aromatic rings. The zero-order valence-electron chi connectivity index (χ0n) is 10.5. The number of ether oxygens (including phenoxy) is 1. The van der Waals surface area contributed by atoms with Crippen molar-refractivity contribution in [3.63, 3.8) is 0 Å². The van der Waals surface area contributed by atoms with E-state index in [1.54, 1.807) is 6.07 Å². The number of aromatic nitrogens is 2. The summed E-state index contributed by atoms with van der Waals surface area (Å²) in [5, 5.41) is 5.28. The summed E-state index contributed by atoms with van der Waals surface area (Å²) < 4.78 is 5.74. The Bertz CT molecular complexity index is 712. The third kappa shape index (κ3) is 2.47. The van der Waals surface area contributed by atoms with Gasteiger partial charge in [-0.3, -0.25) is 0 Å². The van der Waals surface area contributed by atoms with Crippen LogP contribution < -0.4 is 10.1 Å². The van der Waals surface area contributed by atoms with Crippen LogP contribution in [-0.2, 0) is 0 Å². The number of hydrogen-bond donors (Lipinski definition) is 1. The number of fused-ring (bicyclic) bond motifs is 1. The van der Waals surface area contributed by atoms with Crippen LogP contribution in [0.5, 0.6) is 11.6 Å². The molecule has 1 N–H and O–H groups in total. The second-order valence-electron chi connectivity index (χ2n) is 4.10. The van der Waals surface area contributed by atoms with E-state index in [0.29, 0.717) is 5.88 Å². The Morgan fingerprint density at radius 3 is 2.63 bits per heavy atom. The summed E-state index contributed by atoms with van der Waals surface area (Å²) in [5.41, 5.74) is 0. The van der Waals surface area contributed by atoms with E-state index in [1.165, 1.54) is 11.7 Å². The zero-order chi connectivity index (χ0) is 13.1. The fraction of sp³-hybridized carbons (Fsp3) is 0.0667. The molecule has 4 heteroatoms. The van der Waals surface area contributed by atoms with Gasteiger partial charge in [-0.2, -0.15) is 0 Å². The first-order chi connectivity index (χ1) is 9.35. The van der Waals surface area contributed by atoms with Gasteiger partial charge >= 0.3 is 0 Å². The van der Waals surface area contributed by atoms with Crippen LogP contribution in [0.3, 0.4) is 0 Å². The van der Waals surface area contributed by atoms with Gasteiger partial charge in [0, 0.05) is 13.1 Å². The van der Waals surface area contributed by atoms with Crippen LogP contribution in [0.25, 0.3) is 10.8 Å². The lowest BCUT2D eigenvalue weighted by molar-refractivity contribution is 0.462. The van der Waals surface area contributed by atoms with Crippen LogP contribution in [-0.4, -0.2) is 17.0 Å². The highest BCUT2D eigenvalue weighted by atomic mass is 16.5. The lowest BCUT2D eigenvalue weighted by atomic mass is 10.1. The van der Waals surface area contributed by atoms with Crippen molar-refractivity contribution in [2.75, 3.05) is 12.4 Å². The molecule has 3 rings (SSSR count). The molecule has 0 saturated carbocycles. The first kappa shape index (κ1) is 11.5. The highest BCUT2D eigenvalue weighted by molar-refractivity contribution is 5.83. The number of rotatable bonds is 3. The fourth-order valence-electron chi connectivity index (χ4n) is 1.88. The number of anilines is 1. The zero-order valence-corrected chi connectivity index (χ0v) is 10.5. The van der Waals surface area contributed by atoms with Crippen LogP contribution in [0.4, 0.5) is 5.82 Å². The van der Waals surface area contributed by atoms with Crippen LogP contribution in [0.1, 0.15) is 0 Å². The molecule has 1 aromatic heterocycles. The largest absolute Gasteiger partial charge is 0.439 e. The predicted octanol–water partition coefficient (Wildman–Crippen LogP) is 3.46. The highest BCUT2D eigenvalue weighted by Gasteiger charge is 2.01. The molecule has 94 valence electrons. The minimum atomic E-state index is 0.523. The minimum Gasteiger partial charge on any atom is -0.439 e. The van der Waals surface area contributed by atoms with Gasteiger partial charge in [0.05, 0.1) is 0 Å². The molecule has 2 aromatic carbocycles. The summed E-state index contributed by atoms with van der Waals surface area (Å²) in [4.78, 5) is 8.14. The molecular formula is C15H13N3O. The van der Waals surface area contributed by atoms with E-state index < -0.39 is 0 Å². The van der Waals surface area contributed by atoms with E-state index in [4.69, 9.17) is 4.74 Å². The maximum absolute atomic E-state index is 5.74. The number of hydrogen-bond acceptors (Lipinski definition) is 4. The standard InChI is InChI=1S/C15H13N3O/c1-16-14-9-15(18-10-17-14)19-13-7-6-11-4-2-3-5-12(11)8-13/h2-10H,1H3,(H,16,17,18). The predicted molar refractivity (Wildman–Crippen MR) is 75.6 cm³/mol. The Morgan fingerprint density at radius 1 is 0.947 bits per heavy atom. The molecule has 0 spiro atoms. The molecule has 0 aliphatic heterocycles. The maximum atomic E-state index is 5.74. The van der Waals surface area contributed by atoms with Gasteiger partial charge in [0.25, 0.3) is 0 Å². The van der Waals surface area contributed by atoms with Crippen LogP contribution in [0.15, 0.2) is 54.9 Å². The molecule has 0 amide bonds. The SMILES string of the molecule is CNc1cc(Oc2ccc3ccccc3c2)ncn1. The second-order valence-corrected chi connectivity index (χ2v) is 4.10. The molecule has 0 fully saturated rings. The third-order valence-electron chi connectivity index (χ3n) is 2.84. The number of benzene rings is 2. The molecule has 0 unspecified atom stereocenters. The van der Waals surface area contributed by atoms with Gasteiger partial charge in [-0.25, -0.2) is 9.97 Å². The van der Waals surface area contributed by atoms with E-state index in [9.17, 15) is 0 Å². The Balaban J connectivity index is 1.92. The van der Waals surface area contributed by atoms with E-state index in [2.05, 4.69) is 27.4 Å². The van der Waals surface area contributed by atoms with E-state index in [0.717, 1.165) is 17.0 Å². The Kier molecular flexibility index (Phi) is 2.98. The summed E-state index contributed by atoms with van der Waals surface area (Å²) in [6.07, 6.45) is 1.47. The lowest BCUT2D eigenvalue weighted by Gasteiger charge is -2.06. The Morgan fingerprint density at radius 2 is 1.79 bits per heavy atom. The molecule has 0 aliphatic rings. The van der Waals surface area contributed by atoms with Gasteiger partial charge in [0.2, 0.25) is 5.88 Å². The van der Waals surface area contributed by atoms with Crippen molar-refractivity contribution in [2.45, 2.75) is 0 Å². The van der Waals surface area contributed by atoms with Crippen LogP contribution in [0, 0.1) is 0 Å². The van der Waals surface area contributed by atoms with E-state index in [-0.39, 0.29) is 0 Å². The molecule has 0 bridgehead atoms. The monoisotopic (exact) mass is 251 g/mol. The van der Waals surface area contributed by atoms with Crippen molar-refractivity contribution in [3.05, 3.63) is 54.9 Å². The third-order valence-corrected chi connectivity index (χ3v) is 2.84. The second kappa shape index (κ2) is 4.94. The van der Waals surface area contributed by atoms with Gasteiger partial charge in [0.1, 0.15) is 17.9 Å². The van der Waals surface area contributed by atoms with Crippen molar-refractivity contribution in [1.82, 2.24) is 9.97 Å². The molecule has 0 aliphatic carbocycles. The molecule has 1 heterocycles. The van der Waals surface area contributed by atoms with Gasteiger partial charge in [-0.15, -0.1) is 0 Å². The van der Waals surface area contributed by atoms with Crippen molar-refractivity contribution in [3.8, 4) is 11.6 Å². The molecule has 19 heavy (non-hydrogen) atoms. The lowest BCUT2D eigenvalue weighted by Crippen LogP contribution is -1.94. The van der Waals surface area contributed by atoms with Gasteiger partial charge in [0.15, 0.2) is 0 Å². The summed E-state index contributed by atoms with van der Waals surface area (Å²) in [5.74, 6) is 2.01. The number of nitrogens with zero attached hydrogens (tertiary/aromatic N) is 2. The quantitative estimate of drug-likeness (QED) is 0.774. The Labute approximate surface area is 111 Å². The highest BCUT2D eigenvalue weighted by Crippen LogP contribution is 2.25. The van der Waals surface area contributed by atoms with Crippen LogP contribution in [0.2, 0.25) is 0 Å². The van der Waals surface area contributed by atoms with Crippen molar-refractivity contribution >= 4 is 16.6 Å². The van der Waals surface area contributed by atoms with Crippen molar-refractivity contribution < 1.29 is 4.74 Å². The van der Waals surface area contributed by atoms with Crippen LogP contribution >= 0.6 is 0 Å². The van der Waals surface area contributed by atoms with Gasteiger partial charge < -0.3 is 10.1 Å². The smallest absolute Gasteiger partial charge is 0.224 e. The summed E-state index contributed by atoms with van der Waals surface area (Å²) >= 11 is 0. The summed E-state index contributed by atoms with van der Waals surface area (Å²) in [6, 6.07) is 15.9.